The van der Waals surface area contributed by atoms with Gasteiger partial charge in [0, 0.05) is 36.7 Å². The van der Waals surface area contributed by atoms with E-state index in [4.69, 9.17) is 0 Å². The number of benzene rings is 1. The predicted molar refractivity (Wildman–Crippen MR) is 103 cm³/mol. The van der Waals surface area contributed by atoms with Crippen LogP contribution in [0.1, 0.15) is 16.1 Å². The molecular formula is C19H24N6O. The average molecular weight is 352 g/mol. The van der Waals surface area contributed by atoms with E-state index in [-0.39, 0.29) is 5.91 Å². The number of carbonyl (C=O) groups is 1. The summed E-state index contributed by atoms with van der Waals surface area (Å²) < 4.78 is 0. The van der Waals surface area contributed by atoms with Crippen molar-refractivity contribution in [1.82, 2.24) is 25.4 Å². The smallest absolute Gasteiger partial charge is 0.271 e. The van der Waals surface area contributed by atoms with Crippen LogP contribution in [0.25, 0.3) is 10.9 Å². The number of para-hydroxylation sites is 1. The Morgan fingerprint density at radius 3 is 2.73 bits per heavy atom. The highest BCUT2D eigenvalue weighted by Crippen LogP contribution is 2.18. The topological polar surface area (TPSA) is 85.9 Å². The van der Waals surface area contributed by atoms with Crippen LogP contribution in [0.3, 0.4) is 0 Å². The third-order valence-corrected chi connectivity index (χ3v) is 4.12. The first-order chi connectivity index (χ1) is 12.6. The molecule has 0 saturated heterocycles. The minimum absolute atomic E-state index is 0.204. The molecule has 0 atom stereocenters. The number of aromatic nitrogens is 3. The van der Waals surface area contributed by atoms with Gasteiger partial charge in [-0.2, -0.15) is 0 Å². The van der Waals surface area contributed by atoms with Gasteiger partial charge in [0.1, 0.15) is 5.82 Å². The van der Waals surface area contributed by atoms with E-state index < -0.39 is 0 Å². The van der Waals surface area contributed by atoms with Crippen molar-refractivity contribution in [2.45, 2.75) is 6.42 Å². The number of amides is 1. The van der Waals surface area contributed by atoms with E-state index in [1.165, 1.54) is 10.9 Å². The Labute approximate surface area is 152 Å². The second-order valence-corrected chi connectivity index (χ2v) is 6.40. The molecule has 1 amide bonds. The summed E-state index contributed by atoms with van der Waals surface area (Å²) in [5.41, 5.74) is 2.73. The highest BCUT2D eigenvalue weighted by atomic mass is 16.1. The fraction of sp³-hybridized carbons (Fsp3) is 0.316. The average Bonchev–Trinajstić information content (AvgIpc) is 3.05. The van der Waals surface area contributed by atoms with E-state index in [0.29, 0.717) is 18.1 Å². The van der Waals surface area contributed by atoms with Crippen LogP contribution < -0.4 is 10.6 Å². The molecule has 0 unspecified atom stereocenters. The second-order valence-electron chi connectivity index (χ2n) is 6.40. The maximum atomic E-state index is 12.0. The van der Waals surface area contributed by atoms with Gasteiger partial charge in [-0.25, -0.2) is 0 Å². The molecule has 3 aromatic rings. The van der Waals surface area contributed by atoms with Crippen LogP contribution in [0.15, 0.2) is 42.6 Å². The van der Waals surface area contributed by atoms with Gasteiger partial charge in [0.15, 0.2) is 5.69 Å². The molecule has 0 saturated carbocycles. The van der Waals surface area contributed by atoms with E-state index in [1.54, 1.807) is 12.1 Å². The molecule has 0 bridgehead atoms. The van der Waals surface area contributed by atoms with Crippen molar-refractivity contribution in [3.63, 3.8) is 0 Å². The number of carbonyl (C=O) groups excluding carboxylic acids is 1. The highest BCUT2D eigenvalue weighted by molar-refractivity contribution is 5.92. The lowest BCUT2D eigenvalue weighted by Crippen LogP contribution is -2.31. The Balaban J connectivity index is 1.49. The molecule has 2 aromatic heterocycles. The summed E-state index contributed by atoms with van der Waals surface area (Å²) in [6, 6.07) is 11.7. The Hall–Kier alpha value is -2.93. The molecular weight excluding hydrogens is 328 g/mol. The molecule has 0 radical (unpaired) electrons. The van der Waals surface area contributed by atoms with Gasteiger partial charge in [0.05, 0.1) is 0 Å². The second kappa shape index (κ2) is 8.44. The van der Waals surface area contributed by atoms with Crippen LogP contribution in [0.2, 0.25) is 0 Å². The fourth-order valence-electron chi connectivity index (χ4n) is 2.69. The molecule has 0 fully saturated rings. The Kier molecular flexibility index (Phi) is 5.80. The third kappa shape index (κ3) is 4.58. The molecule has 0 aliphatic heterocycles. The monoisotopic (exact) mass is 352 g/mol. The van der Waals surface area contributed by atoms with E-state index in [1.807, 2.05) is 37.3 Å². The first-order valence-corrected chi connectivity index (χ1v) is 8.69. The van der Waals surface area contributed by atoms with E-state index in [2.05, 4.69) is 37.9 Å². The van der Waals surface area contributed by atoms with Crippen molar-refractivity contribution < 1.29 is 4.79 Å². The Bertz CT molecular complexity index is 856. The lowest BCUT2D eigenvalue weighted by atomic mass is 10.1. The number of aromatic amines is 1. The molecule has 3 rings (SSSR count). The zero-order chi connectivity index (χ0) is 18.4. The number of nitrogens with one attached hydrogen (secondary N) is 3. The highest BCUT2D eigenvalue weighted by Gasteiger charge is 2.08. The zero-order valence-corrected chi connectivity index (χ0v) is 15.1. The SMILES string of the molecule is CN(C)CCNC(=O)c1ccc(NCCc2c[nH]c3ccccc23)nn1. The quantitative estimate of drug-likeness (QED) is 0.576. The van der Waals surface area contributed by atoms with Crippen molar-refractivity contribution in [2.75, 3.05) is 39.0 Å². The zero-order valence-electron chi connectivity index (χ0n) is 15.1. The molecule has 0 aliphatic carbocycles. The summed E-state index contributed by atoms with van der Waals surface area (Å²) in [4.78, 5) is 17.3. The lowest BCUT2D eigenvalue weighted by molar-refractivity contribution is 0.0945. The molecule has 0 aliphatic rings. The molecule has 1 aromatic carbocycles. The maximum Gasteiger partial charge on any atom is 0.271 e. The Morgan fingerprint density at radius 2 is 1.96 bits per heavy atom. The van der Waals surface area contributed by atoms with Crippen LogP contribution in [-0.2, 0) is 6.42 Å². The number of rotatable bonds is 8. The minimum Gasteiger partial charge on any atom is -0.368 e. The molecule has 3 N–H and O–H groups in total. The van der Waals surface area contributed by atoms with Crippen molar-refractivity contribution in [2.24, 2.45) is 0 Å². The third-order valence-electron chi connectivity index (χ3n) is 4.12. The van der Waals surface area contributed by atoms with Crippen molar-refractivity contribution in [3.8, 4) is 0 Å². The fourth-order valence-corrected chi connectivity index (χ4v) is 2.69. The molecule has 26 heavy (non-hydrogen) atoms. The van der Waals surface area contributed by atoms with Gasteiger partial charge in [0.25, 0.3) is 5.91 Å². The van der Waals surface area contributed by atoms with E-state index in [0.717, 1.165) is 25.0 Å². The first-order valence-electron chi connectivity index (χ1n) is 8.69. The summed E-state index contributed by atoms with van der Waals surface area (Å²) in [6.07, 6.45) is 2.91. The number of hydrogen-bond acceptors (Lipinski definition) is 5. The molecule has 0 spiro atoms. The van der Waals surface area contributed by atoms with Crippen LogP contribution in [-0.4, -0.2) is 59.7 Å². The minimum atomic E-state index is -0.204. The van der Waals surface area contributed by atoms with Gasteiger partial charge in [0.2, 0.25) is 0 Å². The summed E-state index contributed by atoms with van der Waals surface area (Å²) >= 11 is 0. The first kappa shape index (κ1) is 17.9. The summed E-state index contributed by atoms with van der Waals surface area (Å²) in [7, 11) is 3.92. The maximum absolute atomic E-state index is 12.0. The van der Waals surface area contributed by atoms with Gasteiger partial charge in [-0.05, 0) is 44.3 Å². The van der Waals surface area contributed by atoms with Gasteiger partial charge < -0.3 is 20.5 Å². The standard InChI is InChI=1S/C19H24N6O/c1-25(2)12-11-21-19(26)17-7-8-18(24-23-17)20-10-9-14-13-22-16-6-4-3-5-15(14)16/h3-8,13,22H,9-12H2,1-2H3,(H,20,24)(H,21,26). The van der Waals surface area contributed by atoms with E-state index in [9.17, 15) is 4.79 Å². The number of anilines is 1. The van der Waals surface area contributed by atoms with Gasteiger partial charge in [-0.1, -0.05) is 18.2 Å². The number of hydrogen-bond donors (Lipinski definition) is 3. The van der Waals surface area contributed by atoms with Crippen LogP contribution in [0, 0.1) is 0 Å². The number of likely N-dealkylation sites (N-methyl/N-ethyl adjacent to an activating group) is 1. The summed E-state index contributed by atoms with van der Waals surface area (Å²) in [5, 5.41) is 15.4. The van der Waals surface area contributed by atoms with E-state index >= 15 is 0 Å². The summed E-state index contributed by atoms with van der Waals surface area (Å²) in [6.45, 7) is 2.11. The molecule has 136 valence electrons. The molecule has 2 heterocycles. The number of H-pyrrole nitrogens is 1. The lowest BCUT2D eigenvalue weighted by Gasteiger charge is -2.10. The van der Waals surface area contributed by atoms with Crippen molar-refractivity contribution >= 4 is 22.6 Å². The van der Waals surface area contributed by atoms with Crippen molar-refractivity contribution in [1.29, 1.82) is 0 Å². The molecule has 7 nitrogen and oxygen atoms in total. The van der Waals surface area contributed by atoms with Crippen LogP contribution in [0.5, 0.6) is 0 Å². The number of fused-ring (bicyclic) bond motifs is 1. The summed E-state index contributed by atoms with van der Waals surface area (Å²) in [5.74, 6) is 0.458. The largest absolute Gasteiger partial charge is 0.368 e. The van der Waals surface area contributed by atoms with Gasteiger partial charge >= 0.3 is 0 Å². The Morgan fingerprint density at radius 1 is 1.12 bits per heavy atom. The van der Waals surface area contributed by atoms with Gasteiger partial charge in [-0.3, -0.25) is 4.79 Å². The normalized spacial score (nSPS) is 11.0. The van der Waals surface area contributed by atoms with Crippen molar-refractivity contribution in [3.05, 3.63) is 53.9 Å². The predicted octanol–water partition coefficient (Wildman–Crippen LogP) is 1.90. The van der Waals surface area contributed by atoms with Crippen LogP contribution in [0.4, 0.5) is 5.82 Å². The van der Waals surface area contributed by atoms with Gasteiger partial charge in [-0.15, -0.1) is 10.2 Å². The number of nitrogens with zero attached hydrogens (tertiary/aromatic N) is 3. The van der Waals surface area contributed by atoms with Crippen LogP contribution >= 0.6 is 0 Å². The molecule has 7 heteroatoms.